The molecule has 0 bridgehead atoms. The van der Waals surface area contributed by atoms with Gasteiger partial charge in [-0.25, -0.2) is 4.68 Å². The van der Waals surface area contributed by atoms with Crippen LogP contribution < -0.4 is 10.6 Å². The second-order valence-electron chi connectivity index (χ2n) is 7.52. The monoisotopic (exact) mass is 458 g/mol. The molecule has 10 heteroatoms. The van der Waals surface area contributed by atoms with Gasteiger partial charge >= 0.3 is 0 Å². The van der Waals surface area contributed by atoms with Crippen molar-refractivity contribution in [1.82, 2.24) is 20.0 Å². The van der Waals surface area contributed by atoms with Crippen molar-refractivity contribution in [2.45, 2.75) is 44.1 Å². The molecule has 0 radical (unpaired) electrons. The molecule has 3 heterocycles. The largest absolute Gasteiger partial charge is 0.376 e. The third-order valence-electron chi connectivity index (χ3n) is 5.07. The summed E-state index contributed by atoms with van der Waals surface area (Å²) in [6.07, 6.45) is 2.44. The zero-order chi connectivity index (χ0) is 21.8. The van der Waals surface area contributed by atoms with Crippen LogP contribution >= 0.6 is 23.1 Å². The summed E-state index contributed by atoms with van der Waals surface area (Å²) in [5.41, 5.74) is 4.60. The van der Waals surface area contributed by atoms with Crippen molar-refractivity contribution in [2.75, 3.05) is 29.5 Å². The van der Waals surface area contributed by atoms with Crippen molar-refractivity contribution in [3.63, 3.8) is 0 Å². The Morgan fingerprint density at radius 2 is 2.06 bits per heavy atom. The van der Waals surface area contributed by atoms with Crippen molar-refractivity contribution in [2.24, 2.45) is 0 Å². The molecular formula is C21H26N6O2S2. The molecule has 4 rings (SSSR count). The fraction of sp³-hybridized carbons (Fsp3) is 0.429. The van der Waals surface area contributed by atoms with E-state index < -0.39 is 0 Å². The van der Waals surface area contributed by atoms with E-state index >= 15 is 0 Å². The minimum atomic E-state index is -0.0938. The van der Waals surface area contributed by atoms with Crippen LogP contribution in [0.15, 0.2) is 28.6 Å². The number of hydrogen-bond acceptors (Lipinski definition) is 8. The quantitative estimate of drug-likeness (QED) is 0.493. The molecule has 1 atom stereocenters. The van der Waals surface area contributed by atoms with Crippen LogP contribution in [0.5, 0.6) is 0 Å². The number of carbonyl (C=O) groups is 1. The number of nitrogens with zero attached hydrogens (tertiary/aromatic N) is 4. The molecule has 3 aromatic rings. The van der Waals surface area contributed by atoms with Crippen molar-refractivity contribution in [3.8, 4) is 5.69 Å². The van der Waals surface area contributed by atoms with Gasteiger partial charge in [-0.3, -0.25) is 4.79 Å². The number of amides is 1. The zero-order valence-electron chi connectivity index (χ0n) is 17.8. The lowest BCUT2D eigenvalue weighted by atomic mass is 10.2. The second kappa shape index (κ2) is 9.80. The molecule has 1 aromatic carbocycles. The summed E-state index contributed by atoms with van der Waals surface area (Å²) in [5, 5.41) is 19.9. The van der Waals surface area contributed by atoms with Crippen LogP contribution in [0.2, 0.25) is 0 Å². The highest BCUT2D eigenvalue weighted by Gasteiger charge is 2.17. The maximum Gasteiger partial charge on any atom is 0.234 e. The normalized spacial score (nSPS) is 15.9. The van der Waals surface area contributed by atoms with Gasteiger partial charge in [-0.15, -0.1) is 10.2 Å². The summed E-state index contributed by atoms with van der Waals surface area (Å²) in [6, 6.07) is 8.14. The molecule has 0 saturated carbocycles. The maximum absolute atomic E-state index is 12.5. The number of carbonyl (C=O) groups excluding carboxylic acids is 1. The van der Waals surface area contributed by atoms with Crippen molar-refractivity contribution in [3.05, 3.63) is 41.2 Å². The van der Waals surface area contributed by atoms with E-state index in [4.69, 9.17) is 4.74 Å². The Labute approximate surface area is 189 Å². The number of benzene rings is 1. The molecule has 1 aliphatic heterocycles. The summed E-state index contributed by atoms with van der Waals surface area (Å²) in [6.45, 7) is 7.48. The van der Waals surface area contributed by atoms with Crippen LogP contribution in [0.1, 0.15) is 29.8 Å². The zero-order valence-corrected chi connectivity index (χ0v) is 19.5. The van der Waals surface area contributed by atoms with Gasteiger partial charge in [-0.05, 0) is 45.7 Å². The van der Waals surface area contributed by atoms with Gasteiger partial charge < -0.3 is 15.4 Å². The molecule has 1 amide bonds. The minimum Gasteiger partial charge on any atom is -0.376 e. The Kier molecular flexibility index (Phi) is 6.89. The molecule has 0 spiro atoms. The second-order valence-corrected chi connectivity index (χ2v) is 9.72. The summed E-state index contributed by atoms with van der Waals surface area (Å²) in [7, 11) is 0. The lowest BCUT2D eigenvalue weighted by Crippen LogP contribution is -2.18. The number of thioether (sulfide) groups is 1. The molecule has 31 heavy (non-hydrogen) atoms. The van der Waals surface area contributed by atoms with Crippen molar-refractivity contribution in [1.29, 1.82) is 0 Å². The Morgan fingerprint density at radius 3 is 2.81 bits per heavy atom. The Morgan fingerprint density at radius 1 is 1.26 bits per heavy atom. The Balaban J connectivity index is 1.31. The van der Waals surface area contributed by atoms with Crippen LogP contribution in [0.3, 0.4) is 0 Å². The third-order valence-corrected chi connectivity index (χ3v) is 7.09. The van der Waals surface area contributed by atoms with E-state index in [0.717, 1.165) is 58.2 Å². The first-order chi connectivity index (χ1) is 15.0. The summed E-state index contributed by atoms with van der Waals surface area (Å²) in [5.74, 6) is 0.165. The fourth-order valence-electron chi connectivity index (χ4n) is 3.41. The maximum atomic E-state index is 12.5. The molecule has 8 nitrogen and oxygen atoms in total. The summed E-state index contributed by atoms with van der Waals surface area (Å²) < 4.78 is 8.21. The van der Waals surface area contributed by atoms with Gasteiger partial charge in [-0.2, -0.15) is 5.10 Å². The lowest BCUT2D eigenvalue weighted by molar-refractivity contribution is -0.113. The smallest absolute Gasteiger partial charge is 0.234 e. The van der Waals surface area contributed by atoms with Crippen LogP contribution in [0.25, 0.3) is 5.69 Å². The number of ether oxygens (including phenoxy) is 1. The molecule has 1 aliphatic rings. The topological polar surface area (TPSA) is 94.0 Å². The van der Waals surface area contributed by atoms with Gasteiger partial charge in [0.15, 0.2) is 4.34 Å². The average molecular weight is 459 g/mol. The Hall–Kier alpha value is -2.43. The number of hydrogen-bond donors (Lipinski definition) is 2. The minimum absolute atomic E-state index is 0.0938. The highest BCUT2D eigenvalue weighted by atomic mass is 32.2. The SMILES string of the molecule is Cc1ccc(-n2nc(C)c(NC(=O)CSc3nnc(NCC4CCCO4)s3)c2C)cc1. The molecule has 1 unspecified atom stereocenters. The third kappa shape index (κ3) is 5.44. The van der Waals surface area contributed by atoms with Crippen molar-refractivity contribution < 1.29 is 9.53 Å². The fourth-order valence-corrected chi connectivity index (χ4v) is 4.97. The van der Waals surface area contributed by atoms with E-state index in [2.05, 4.69) is 32.9 Å². The van der Waals surface area contributed by atoms with Crippen molar-refractivity contribution >= 4 is 39.8 Å². The van der Waals surface area contributed by atoms with Crippen LogP contribution in [0, 0.1) is 20.8 Å². The van der Waals surface area contributed by atoms with Crippen LogP contribution in [-0.2, 0) is 9.53 Å². The summed E-state index contributed by atoms with van der Waals surface area (Å²) in [4.78, 5) is 12.5. The highest BCUT2D eigenvalue weighted by Crippen LogP contribution is 2.27. The number of aryl methyl sites for hydroxylation is 2. The van der Waals surface area contributed by atoms with E-state index in [1.807, 2.05) is 42.8 Å². The number of rotatable bonds is 8. The van der Waals surface area contributed by atoms with E-state index in [-0.39, 0.29) is 17.8 Å². The molecule has 2 aromatic heterocycles. The first kappa shape index (κ1) is 21.8. The molecule has 164 valence electrons. The van der Waals surface area contributed by atoms with Crippen LogP contribution in [-0.4, -0.2) is 50.9 Å². The Bertz CT molecular complexity index is 1040. The first-order valence-electron chi connectivity index (χ1n) is 10.2. The molecular weight excluding hydrogens is 432 g/mol. The van der Waals surface area contributed by atoms with E-state index in [1.54, 1.807) is 0 Å². The number of nitrogens with one attached hydrogen (secondary N) is 2. The van der Waals surface area contributed by atoms with Gasteiger partial charge in [-0.1, -0.05) is 40.8 Å². The lowest BCUT2D eigenvalue weighted by Gasteiger charge is -2.08. The van der Waals surface area contributed by atoms with Gasteiger partial charge in [0.1, 0.15) is 0 Å². The van der Waals surface area contributed by atoms with Gasteiger partial charge in [0.25, 0.3) is 0 Å². The number of aromatic nitrogens is 4. The van der Waals surface area contributed by atoms with E-state index in [1.165, 1.54) is 28.7 Å². The van der Waals surface area contributed by atoms with Crippen LogP contribution in [0.4, 0.5) is 10.8 Å². The summed E-state index contributed by atoms with van der Waals surface area (Å²) >= 11 is 2.83. The average Bonchev–Trinajstić information content (AvgIpc) is 3.49. The number of anilines is 2. The van der Waals surface area contributed by atoms with E-state index in [9.17, 15) is 4.79 Å². The van der Waals surface area contributed by atoms with Gasteiger partial charge in [0, 0.05) is 13.2 Å². The molecule has 1 saturated heterocycles. The first-order valence-corrected chi connectivity index (χ1v) is 12.0. The molecule has 0 aliphatic carbocycles. The predicted octanol–water partition coefficient (Wildman–Crippen LogP) is 3.97. The van der Waals surface area contributed by atoms with E-state index in [0.29, 0.717) is 0 Å². The molecule has 1 fully saturated rings. The molecule has 2 N–H and O–H groups in total. The highest BCUT2D eigenvalue weighted by molar-refractivity contribution is 8.01. The predicted molar refractivity (Wildman–Crippen MR) is 125 cm³/mol. The van der Waals surface area contributed by atoms with Gasteiger partial charge in [0.2, 0.25) is 11.0 Å². The van der Waals surface area contributed by atoms with Gasteiger partial charge in [0.05, 0.1) is 34.6 Å². The standard InChI is InChI=1S/C21H26N6O2S2/c1-13-6-8-16(9-7-13)27-15(3)19(14(2)26-27)23-18(28)12-30-21-25-24-20(31-21)22-11-17-5-4-10-29-17/h6-9,17H,4-5,10-12H2,1-3H3,(H,22,24)(H,23,28).